The highest BCUT2D eigenvalue weighted by Crippen LogP contribution is 2.20. The topological polar surface area (TPSA) is 84.1 Å². The predicted octanol–water partition coefficient (Wildman–Crippen LogP) is 5.03. The van der Waals surface area contributed by atoms with Gasteiger partial charge in [0.1, 0.15) is 5.82 Å². The number of carbonyl (C=O) groups excluding carboxylic acids is 2. The Balaban J connectivity index is 1.39. The Morgan fingerprint density at radius 1 is 0.968 bits per heavy atom. The molecule has 1 amide bonds. The normalized spacial score (nSPS) is 11.8. The number of rotatable bonds is 5. The molecule has 6 nitrogen and oxygen atoms in total. The van der Waals surface area contributed by atoms with Crippen molar-refractivity contribution < 1.29 is 14.3 Å². The van der Waals surface area contributed by atoms with Crippen molar-refractivity contribution in [1.29, 1.82) is 0 Å². The van der Waals surface area contributed by atoms with Crippen molar-refractivity contribution in [3.63, 3.8) is 0 Å². The Kier molecular flexibility index (Phi) is 5.54. The van der Waals surface area contributed by atoms with Crippen LogP contribution in [0, 0.1) is 13.8 Å². The van der Waals surface area contributed by atoms with Crippen molar-refractivity contribution in [3.8, 4) is 11.4 Å². The number of anilines is 1. The van der Waals surface area contributed by atoms with Crippen LogP contribution in [-0.2, 0) is 9.53 Å². The average Bonchev–Trinajstić information content (AvgIpc) is 3.12. The van der Waals surface area contributed by atoms with Crippen molar-refractivity contribution in [1.82, 2.24) is 9.97 Å². The molecular weight excluding hydrogens is 390 g/mol. The second kappa shape index (κ2) is 8.44. The molecule has 0 aliphatic rings. The van der Waals surface area contributed by atoms with Gasteiger partial charge in [-0.2, -0.15) is 0 Å². The van der Waals surface area contributed by atoms with Gasteiger partial charge < -0.3 is 15.0 Å². The lowest BCUT2D eigenvalue weighted by Crippen LogP contribution is -2.30. The molecule has 0 bridgehead atoms. The molecule has 1 unspecified atom stereocenters. The fourth-order valence-corrected chi connectivity index (χ4v) is 3.24. The summed E-state index contributed by atoms with van der Waals surface area (Å²) in [5, 5.41) is 4.91. The summed E-state index contributed by atoms with van der Waals surface area (Å²) < 4.78 is 5.35. The summed E-state index contributed by atoms with van der Waals surface area (Å²) in [5.74, 6) is -0.195. The first-order chi connectivity index (χ1) is 14.9. The number of ether oxygens (including phenoxy) is 1. The van der Waals surface area contributed by atoms with Crippen molar-refractivity contribution in [2.24, 2.45) is 0 Å². The number of carbonyl (C=O) groups is 2. The van der Waals surface area contributed by atoms with Crippen LogP contribution in [0.15, 0.2) is 66.7 Å². The molecule has 0 aliphatic carbocycles. The molecule has 4 rings (SSSR count). The molecule has 3 aromatic carbocycles. The zero-order valence-corrected chi connectivity index (χ0v) is 17.6. The number of esters is 1. The fourth-order valence-electron chi connectivity index (χ4n) is 3.24. The summed E-state index contributed by atoms with van der Waals surface area (Å²) in [4.78, 5) is 32.6. The Morgan fingerprint density at radius 2 is 1.68 bits per heavy atom. The Hall–Kier alpha value is -3.93. The van der Waals surface area contributed by atoms with E-state index in [0.717, 1.165) is 33.5 Å². The van der Waals surface area contributed by atoms with E-state index in [-0.39, 0.29) is 5.91 Å². The lowest BCUT2D eigenvalue weighted by molar-refractivity contribution is -0.123. The maximum Gasteiger partial charge on any atom is 0.338 e. The standard InChI is InChI=1S/C25H23N3O3/c1-15-16(2)27-23(26-15)19-8-10-20(11-9-19)25(30)31-17(3)24(29)28-22-13-12-18-6-4-5-7-21(18)14-22/h4-14,17H,1-3H3,(H,26,27)(H,28,29). The third kappa shape index (κ3) is 4.48. The van der Waals surface area contributed by atoms with Gasteiger partial charge in [0, 0.05) is 16.9 Å². The first kappa shape index (κ1) is 20.3. The molecule has 4 aromatic rings. The predicted molar refractivity (Wildman–Crippen MR) is 121 cm³/mol. The van der Waals surface area contributed by atoms with Gasteiger partial charge in [-0.3, -0.25) is 4.79 Å². The molecule has 1 atom stereocenters. The monoisotopic (exact) mass is 413 g/mol. The molecule has 0 saturated carbocycles. The number of H-pyrrole nitrogens is 1. The maximum atomic E-state index is 12.5. The molecule has 0 saturated heterocycles. The van der Waals surface area contributed by atoms with Crippen LogP contribution in [0.2, 0.25) is 0 Å². The van der Waals surface area contributed by atoms with Gasteiger partial charge >= 0.3 is 5.97 Å². The summed E-state index contributed by atoms with van der Waals surface area (Å²) in [6.45, 7) is 5.45. The van der Waals surface area contributed by atoms with E-state index in [4.69, 9.17) is 4.74 Å². The van der Waals surface area contributed by atoms with Gasteiger partial charge in [0.15, 0.2) is 6.10 Å². The van der Waals surface area contributed by atoms with E-state index in [1.165, 1.54) is 0 Å². The van der Waals surface area contributed by atoms with Crippen LogP contribution >= 0.6 is 0 Å². The minimum absolute atomic E-state index is 0.370. The molecule has 1 heterocycles. The Labute approximate surface area is 180 Å². The summed E-state index contributed by atoms with van der Waals surface area (Å²) in [6.07, 6.45) is -0.936. The summed E-state index contributed by atoms with van der Waals surface area (Å²) >= 11 is 0. The number of aryl methyl sites for hydroxylation is 2. The van der Waals surface area contributed by atoms with Gasteiger partial charge in [-0.05, 0) is 55.8 Å². The molecular formula is C25H23N3O3. The second-order valence-electron chi connectivity index (χ2n) is 7.47. The number of nitrogens with one attached hydrogen (secondary N) is 2. The van der Waals surface area contributed by atoms with Crippen LogP contribution in [0.4, 0.5) is 5.69 Å². The molecule has 0 spiro atoms. The number of aromatic nitrogens is 2. The molecule has 156 valence electrons. The zero-order chi connectivity index (χ0) is 22.0. The van der Waals surface area contributed by atoms with E-state index in [2.05, 4.69) is 15.3 Å². The van der Waals surface area contributed by atoms with Crippen molar-refractivity contribution >= 4 is 28.3 Å². The molecule has 2 N–H and O–H groups in total. The van der Waals surface area contributed by atoms with Crippen LogP contribution in [-0.4, -0.2) is 27.9 Å². The number of benzene rings is 3. The maximum absolute atomic E-state index is 12.5. The van der Waals surface area contributed by atoms with Gasteiger partial charge in [-0.25, -0.2) is 9.78 Å². The molecule has 6 heteroatoms. The zero-order valence-electron chi connectivity index (χ0n) is 17.6. The van der Waals surface area contributed by atoms with Gasteiger partial charge in [0.05, 0.1) is 11.3 Å². The van der Waals surface area contributed by atoms with E-state index < -0.39 is 12.1 Å². The third-order valence-electron chi connectivity index (χ3n) is 5.19. The second-order valence-corrected chi connectivity index (χ2v) is 7.47. The molecule has 0 aliphatic heterocycles. The summed E-state index contributed by atoms with van der Waals surface area (Å²) in [7, 11) is 0. The fraction of sp³-hybridized carbons (Fsp3) is 0.160. The Morgan fingerprint density at radius 3 is 2.35 bits per heavy atom. The largest absolute Gasteiger partial charge is 0.449 e. The first-order valence-corrected chi connectivity index (χ1v) is 10.0. The van der Waals surface area contributed by atoms with Crippen LogP contribution < -0.4 is 5.32 Å². The highest BCUT2D eigenvalue weighted by molar-refractivity contribution is 5.99. The van der Waals surface area contributed by atoms with Crippen LogP contribution in [0.25, 0.3) is 22.2 Å². The van der Waals surface area contributed by atoms with Crippen LogP contribution in [0.5, 0.6) is 0 Å². The number of fused-ring (bicyclic) bond motifs is 1. The highest BCUT2D eigenvalue weighted by atomic mass is 16.5. The van der Waals surface area contributed by atoms with E-state index >= 15 is 0 Å². The lowest BCUT2D eigenvalue weighted by atomic mass is 10.1. The molecule has 1 aromatic heterocycles. The SMILES string of the molecule is Cc1nc(-c2ccc(C(=O)OC(C)C(=O)Nc3ccc4ccccc4c3)cc2)[nH]c1C. The highest BCUT2D eigenvalue weighted by Gasteiger charge is 2.19. The first-order valence-electron chi connectivity index (χ1n) is 10.0. The van der Waals surface area contributed by atoms with E-state index in [9.17, 15) is 9.59 Å². The minimum Gasteiger partial charge on any atom is -0.449 e. The number of aromatic amines is 1. The van der Waals surface area contributed by atoms with Crippen molar-refractivity contribution in [3.05, 3.63) is 83.7 Å². The quantitative estimate of drug-likeness (QED) is 0.450. The number of hydrogen-bond acceptors (Lipinski definition) is 4. The van der Waals surface area contributed by atoms with E-state index in [1.54, 1.807) is 31.2 Å². The van der Waals surface area contributed by atoms with Gasteiger partial charge in [0.2, 0.25) is 0 Å². The summed E-state index contributed by atoms with van der Waals surface area (Å²) in [6, 6.07) is 20.5. The minimum atomic E-state index is -0.936. The van der Waals surface area contributed by atoms with Crippen molar-refractivity contribution in [2.45, 2.75) is 26.9 Å². The average molecular weight is 413 g/mol. The molecule has 31 heavy (non-hydrogen) atoms. The smallest absolute Gasteiger partial charge is 0.338 e. The number of imidazole rings is 1. The third-order valence-corrected chi connectivity index (χ3v) is 5.19. The number of amides is 1. The molecule has 0 fully saturated rings. The van der Waals surface area contributed by atoms with Crippen molar-refractivity contribution in [2.75, 3.05) is 5.32 Å². The van der Waals surface area contributed by atoms with Gasteiger partial charge in [0.25, 0.3) is 5.91 Å². The number of hydrogen-bond donors (Lipinski definition) is 2. The number of nitrogens with zero attached hydrogens (tertiary/aromatic N) is 1. The van der Waals surface area contributed by atoms with Gasteiger partial charge in [-0.1, -0.05) is 42.5 Å². The Bertz CT molecular complexity index is 1240. The lowest BCUT2D eigenvalue weighted by Gasteiger charge is -2.14. The molecule has 0 radical (unpaired) electrons. The van der Waals surface area contributed by atoms with Crippen LogP contribution in [0.3, 0.4) is 0 Å². The van der Waals surface area contributed by atoms with E-state index in [1.807, 2.05) is 56.3 Å². The van der Waals surface area contributed by atoms with E-state index in [0.29, 0.717) is 11.3 Å². The van der Waals surface area contributed by atoms with Gasteiger partial charge in [-0.15, -0.1) is 0 Å². The summed E-state index contributed by atoms with van der Waals surface area (Å²) in [5.41, 5.74) is 3.83. The van der Waals surface area contributed by atoms with Crippen LogP contribution in [0.1, 0.15) is 28.7 Å².